The molecule has 5 nitrogen and oxygen atoms in total. The van der Waals surface area contributed by atoms with Crippen molar-refractivity contribution in [3.05, 3.63) is 59.3 Å². The fraction of sp³-hybridized carbons (Fsp3) is 0.188. The number of nitrogens with zero attached hydrogens (tertiary/aromatic N) is 3. The number of nitrogens with one attached hydrogen (secondary N) is 1. The zero-order chi connectivity index (χ0) is 15.2. The number of rotatable bonds is 4. The van der Waals surface area contributed by atoms with Gasteiger partial charge < -0.3 is 10.2 Å². The van der Waals surface area contributed by atoms with Crippen molar-refractivity contribution in [3.63, 3.8) is 0 Å². The maximum atomic E-state index is 12.0. The van der Waals surface area contributed by atoms with Gasteiger partial charge >= 0.3 is 0 Å². The smallest absolute Gasteiger partial charge is 0.251 e. The summed E-state index contributed by atoms with van der Waals surface area (Å²) in [5.74, 6) is 0.683. The highest BCUT2D eigenvalue weighted by Crippen LogP contribution is 2.10. The van der Waals surface area contributed by atoms with E-state index in [1.54, 1.807) is 30.5 Å². The number of aromatic nitrogens is 1. The van der Waals surface area contributed by atoms with E-state index in [4.69, 9.17) is 5.26 Å². The lowest BCUT2D eigenvalue weighted by atomic mass is 10.1. The average molecular weight is 280 g/mol. The molecule has 1 amide bonds. The van der Waals surface area contributed by atoms with E-state index in [2.05, 4.69) is 10.3 Å². The minimum atomic E-state index is -0.164. The molecule has 0 unspecified atom stereocenters. The zero-order valence-corrected chi connectivity index (χ0v) is 12.0. The van der Waals surface area contributed by atoms with Gasteiger partial charge in [0.05, 0.1) is 11.6 Å². The molecule has 0 spiro atoms. The van der Waals surface area contributed by atoms with E-state index in [9.17, 15) is 4.79 Å². The summed E-state index contributed by atoms with van der Waals surface area (Å²) in [5, 5.41) is 11.6. The molecule has 0 atom stereocenters. The monoisotopic (exact) mass is 280 g/mol. The van der Waals surface area contributed by atoms with E-state index in [-0.39, 0.29) is 5.91 Å². The van der Waals surface area contributed by atoms with Crippen LogP contribution in [0.4, 0.5) is 5.82 Å². The first-order valence-electron chi connectivity index (χ1n) is 6.51. The first kappa shape index (κ1) is 14.5. The molecule has 0 aliphatic heterocycles. The van der Waals surface area contributed by atoms with Crippen molar-refractivity contribution in [1.29, 1.82) is 5.26 Å². The third-order valence-corrected chi connectivity index (χ3v) is 3.00. The summed E-state index contributed by atoms with van der Waals surface area (Å²) in [7, 11) is 3.84. The molecular weight excluding hydrogens is 264 g/mol. The molecule has 1 aromatic carbocycles. The van der Waals surface area contributed by atoms with Crippen molar-refractivity contribution in [2.45, 2.75) is 6.54 Å². The molecule has 1 N–H and O–H groups in total. The van der Waals surface area contributed by atoms with Crippen LogP contribution in [0.3, 0.4) is 0 Å². The molecule has 0 aliphatic carbocycles. The summed E-state index contributed by atoms with van der Waals surface area (Å²) in [4.78, 5) is 18.2. The predicted molar refractivity (Wildman–Crippen MR) is 80.9 cm³/mol. The highest BCUT2D eigenvalue weighted by Gasteiger charge is 2.06. The molecule has 1 aromatic heterocycles. The number of carbonyl (C=O) groups is 1. The Balaban J connectivity index is 2.00. The van der Waals surface area contributed by atoms with Crippen molar-refractivity contribution in [2.75, 3.05) is 19.0 Å². The minimum absolute atomic E-state index is 0.164. The molecule has 0 bridgehead atoms. The number of pyridine rings is 1. The zero-order valence-electron chi connectivity index (χ0n) is 12.0. The lowest BCUT2D eigenvalue weighted by Crippen LogP contribution is -2.23. The fourth-order valence-corrected chi connectivity index (χ4v) is 1.80. The Labute approximate surface area is 123 Å². The Bertz CT molecular complexity index is 671. The molecule has 21 heavy (non-hydrogen) atoms. The Hall–Kier alpha value is -2.87. The Morgan fingerprint density at radius 1 is 1.29 bits per heavy atom. The van der Waals surface area contributed by atoms with Gasteiger partial charge in [0.15, 0.2) is 0 Å². The molecule has 0 saturated heterocycles. The van der Waals surface area contributed by atoms with E-state index in [1.807, 2.05) is 37.2 Å². The number of carbonyl (C=O) groups excluding carboxylic acids is 1. The van der Waals surface area contributed by atoms with Crippen molar-refractivity contribution < 1.29 is 4.79 Å². The second-order valence-corrected chi connectivity index (χ2v) is 4.79. The van der Waals surface area contributed by atoms with E-state index in [1.165, 1.54) is 0 Å². The summed E-state index contributed by atoms with van der Waals surface area (Å²) in [5.41, 5.74) is 2.06. The van der Waals surface area contributed by atoms with Crippen LogP contribution in [-0.4, -0.2) is 25.0 Å². The number of amides is 1. The molecule has 0 aliphatic rings. The van der Waals surface area contributed by atoms with Gasteiger partial charge in [-0.1, -0.05) is 0 Å². The first-order valence-corrected chi connectivity index (χ1v) is 6.51. The van der Waals surface area contributed by atoms with Crippen molar-refractivity contribution in [3.8, 4) is 6.07 Å². The van der Waals surface area contributed by atoms with Gasteiger partial charge in [-0.25, -0.2) is 4.98 Å². The van der Waals surface area contributed by atoms with E-state index in [0.29, 0.717) is 17.7 Å². The number of benzene rings is 1. The van der Waals surface area contributed by atoms with Gasteiger partial charge in [-0.2, -0.15) is 5.26 Å². The van der Waals surface area contributed by atoms with Crippen LogP contribution >= 0.6 is 0 Å². The highest BCUT2D eigenvalue weighted by molar-refractivity contribution is 5.94. The molecule has 106 valence electrons. The largest absolute Gasteiger partial charge is 0.363 e. The van der Waals surface area contributed by atoms with Crippen LogP contribution in [-0.2, 0) is 6.54 Å². The minimum Gasteiger partial charge on any atom is -0.363 e. The lowest BCUT2D eigenvalue weighted by Gasteiger charge is -2.12. The first-order chi connectivity index (χ1) is 10.1. The third-order valence-electron chi connectivity index (χ3n) is 3.00. The molecule has 0 radical (unpaired) electrons. The average Bonchev–Trinajstić information content (AvgIpc) is 2.53. The summed E-state index contributed by atoms with van der Waals surface area (Å²) in [6, 6.07) is 12.4. The van der Waals surface area contributed by atoms with Crippen LogP contribution in [0.1, 0.15) is 21.5 Å². The number of hydrogen-bond donors (Lipinski definition) is 1. The Kier molecular flexibility index (Phi) is 4.52. The quantitative estimate of drug-likeness (QED) is 0.929. The summed E-state index contributed by atoms with van der Waals surface area (Å²) < 4.78 is 0. The van der Waals surface area contributed by atoms with Gasteiger partial charge in [-0.3, -0.25) is 4.79 Å². The van der Waals surface area contributed by atoms with Crippen LogP contribution in [0.2, 0.25) is 0 Å². The maximum absolute atomic E-state index is 12.0. The Morgan fingerprint density at radius 2 is 2.00 bits per heavy atom. The normalized spacial score (nSPS) is 9.76. The summed E-state index contributed by atoms with van der Waals surface area (Å²) in [6.07, 6.45) is 1.72. The van der Waals surface area contributed by atoms with Crippen molar-refractivity contribution in [1.82, 2.24) is 10.3 Å². The molecule has 5 heteroatoms. The van der Waals surface area contributed by atoms with Gasteiger partial charge in [-0.15, -0.1) is 0 Å². The molecule has 0 saturated carbocycles. The van der Waals surface area contributed by atoms with Crippen LogP contribution in [0, 0.1) is 11.3 Å². The molecule has 2 rings (SSSR count). The van der Waals surface area contributed by atoms with Gasteiger partial charge in [0.1, 0.15) is 5.82 Å². The van der Waals surface area contributed by atoms with Crippen LogP contribution in [0.25, 0.3) is 0 Å². The van der Waals surface area contributed by atoms with Crippen LogP contribution in [0.15, 0.2) is 42.6 Å². The predicted octanol–water partition coefficient (Wildman–Crippen LogP) is 1.95. The van der Waals surface area contributed by atoms with Gasteiger partial charge in [0, 0.05) is 32.4 Å². The topological polar surface area (TPSA) is 69.0 Å². The molecular formula is C16H16N4O. The van der Waals surface area contributed by atoms with Crippen LogP contribution < -0.4 is 10.2 Å². The Morgan fingerprint density at radius 3 is 2.62 bits per heavy atom. The number of anilines is 1. The second-order valence-electron chi connectivity index (χ2n) is 4.79. The van der Waals surface area contributed by atoms with Gasteiger partial charge in [0.2, 0.25) is 0 Å². The number of nitriles is 1. The van der Waals surface area contributed by atoms with Crippen LogP contribution in [0.5, 0.6) is 0 Å². The van der Waals surface area contributed by atoms with E-state index in [0.717, 1.165) is 11.4 Å². The molecule has 0 fully saturated rings. The highest BCUT2D eigenvalue weighted by atomic mass is 16.1. The molecule has 1 heterocycles. The van der Waals surface area contributed by atoms with Crippen molar-refractivity contribution >= 4 is 11.7 Å². The standard InChI is InChI=1S/C16H16N4O/c1-20(2)15-9-13(7-8-18-15)11-19-16(21)14-5-3-12(10-17)4-6-14/h3-9H,11H2,1-2H3,(H,19,21). The fourth-order valence-electron chi connectivity index (χ4n) is 1.80. The lowest BCUT2D eigenvalue weighted by molar-refractivity contribution is 0.0951. The maximum Gasteiger partial charge on any atom is 0.251 e. The van der Waals surface area contributed by atoms with E-state index >= 15 is 0 Å². The SMILES string of the molecule is CN(C)c1cc(CNC(=O)c2ccc(C#N)cc2)ccn1. The summed E-state index contributed by atoms with van der Waals surface area (Å²) in [6.45, 7) is 0.433. The van der Waals surface area contributed by atoms with Gasteiger partial charge in [-0.05, 0) is 42.0 Å². The van der Waals surface area contributed by atoms with Crippen molar-refractivity contribution in [2.24, 2.45) is 0 Å². The molecule has 2 aromatic rings. The van der Waals surface area contributed by atoms with E-state index < -0.39 is 0 Å². The number of hydrogen-bond acceptors (Lipinski definition) is 4. The van der Waals surface area contributed by atoms with Gasteiger partial charge in [0.25, 0.3) is 5.91 Å². The second kappa shape index (κ2) is 6.53. The third kappa shape index (κ3) is 3.80. The summed E-state index contributed by atoms with van der Waals surface area (Å²) >= 11 is 0.